The van der Waals surface area contributed by atoms with Crippen molar-refractivity contribution in [3.63, 3.8) is 0 Å². The van der Waals surface area contributed by atoms with Gasteiger partial charge in [0, 0.05) is 0 Å². The molecule has 16 heavy (non-hydrogen) atoms. The smallest absolute Gasteiger partial charge is 0.255 e. The molecular weight excluding hydrogens is 202 g/mol. The second-order valence-electron chi connectivity index (χ2n) is 4.52. The summed E-state index contributed by atoms with van der Waals surface area (Å²) in [5.41, 5.74) is 6.43. The predicted octanol–water partition coefficient (Wildman–Crippen LogP) is 2.24. The molecule has 0 atom stereocenters. The van der Waals surface area contributed by atoms with Crippen molar-refractivity contribution in [1.29, 1.82) is 0 Å². The van der Waals surface area contributed by atoms with Crippen molar-refractivity contribution in [2.24, 2.45) is 5.73 Å². The van der Waals surface area contributed by atoms with E-state index in [9.17, 15) is 4.79 Å². The van der Waals surface area contributed by atoms with Gasteiger partial charge in [0.15, 0.2) is 6.61 Å². The van der Waals surface area contributed by atoms with Crippen LogP contribution in [0.1, 0.15) is 32.8 Å². The molecule has 3 nitrogen and oxygen atoms in total. The minimum atomic E-state index is -0.460. The first-order valence-corrected chi connectivity index (χ1v) is 5.47. The number of carbonyl (C=O) groups is 1. The van der Waals surface area contributed by atoms with E-state index in [0.717, 1.165) is 6.42 Å². The fourth-order valence-electron chi connectivity index (χ4n) is 1.36. The van der Waals surface area contributed by atoms with Crippen LogP contribution in [0, 0.1) is 0 Å². The van der Waals surface area contributed by atoms with Crippen molar-refractivity contribution in [3.05, 3.63) is 29.8 Å². The molecular formula is C13H19NO2. The van der Waals surface area contributed by atoms with E-state index >= 15 is 0 Å². The summed E-state index contributed by atoms with van der Waals surface area (Å²) in [4.78, 5) is 10.5. The molecule has 3 heteroatoms. The third-order valence-electron chi connectivity index (χ3n) is 2.90. The van der Waals surface area contributed by atoms with Gasteiger partial charge < -0.3 is 10.5 Å². The van der Waals surface area contributed by atoms with Crippen LogP contribution in [0.2, 0.25) is 0 Å². The van der Waals surface area contributed by atoms with Gasteiger partial charge in [-0.25, -0.2) is 0 Å². The fourth-order valence-corrected chi connectivity index (χ4v) is 1.36. The highest BCUT2D eigenvalue weighted by Gasteiger charge is 2.17. The van der Waals surface area contributed by atoms with Gasteiger partial charge in [-0.3, -0.25) is 4.79 Å². The van der Waals surface area contributed by atoms with Crippen molar-refractivity contribution in [2.45, 2.75) is 32.6 Å². The maximum atomic E-state index is 10.5. The summed E-state index contributed by atoms with van der Waals surface area (Å²) in [7, 11) is 0. The summed E-state index contributed by atoms with van der Waals surface area (Å²) in [6.07, 6.45) is 1.08. The van der Waals surface area contributed by atoms with Crippen molar-refractivity contribution < 1.29 is 9.53 Å². The number of amides is 1. The van der Waals surface area contributed by atoms with Crippen LogP contribution in [0.3, 0.4) is 0 Å². The van der Waals surface area contributed by atoms with Gasteiger partial charge in [-0.05, 0) is 29.5 Å². The van der Waals surface area contributed by atoms with E-state index in [-0.39, 0.29) is 12.0 Å². The van der Waals surface area contributed by atoms with Crippen LogP contribution in [0.5, 0.6) is 5.75 Å². The molecule has 0 spiro atoms. The highest BCUT2D eigenvalue weighted by atomic mass is 16.5. The van der Waals surface area contributed by atoms with Gasteiger partial charge in [0.05, 0.1) is 0 Å². The molecule has 0 aromatic heterocycles. The number of rotatable bonds is 5. The molecule has 0 heterocycles. The summed E-state index contributed by atoms with van der Waals surface area (Å²) >= 11 is 0. The number of hydrogen-bond donors (Lipinski definition) is 1. The quantitative estimate of drug-likeness (QED) is 0.829. The van der Waals surface area contributed by atoms with Crippen LogP contribution in [0.4, 0.5) is 0 Å². The third kappa shape index (κ3) is 3.26. The van der Waals surface area contributed by atoms with Crippen molar-refractivity contribution in [2.75, 3.05) is 6.61 Å². The lowest BCUT2D eigenvalue weighted by Gasteiger charge is -2.23. The second-order valence-corrected chi connectivity index (χ2v) is 4.52. The van der Waals surface area contributed by atoms with Crippen LogP contribution in [0.15, 0.2) is 24.3 Å². The minimum Gasteiger partial charge on any atom is -0.484 e. The first kappa shape index (κ1) is 12.6. The second kappa shape index (κ2) is 5.01. The van der Waals surface area contributed by atoms with Crippen LogP contribution in [-0.4, -0.2) is 12.5 Å². The van der Waals surface area contributed by atoms with E-state index in [1.807, 2.05) is 24.3 Å². The van der Waals surface area contributed by atoms with Gasteiger partial charge in [-0.1, -0.05) is 32.9 Å². The Morgan fingerprint density at radius 3 is 2.31 bits per heavy atom. The van der Waals surface area contributed by atoms with Gasteiger partial charge in [-0.2, -0.15) is 0 Å². The first-order valence-electron chi connectivity index (χ1n) is 5.47. The number of hydrogen-bond acceptors (Lipinski definition) is 2. The molecule has 0 radical (unpaired) electrons. The summed E-state index contributed by atoms with van der Waals surface area (Å²) < 4.78 is 5.19. The Hall–Kier alpha value is -1.51. The zero-order valence-corrected chi connectivity index (χ0v) is 10.1. The average Bonchev–Trinajstić information content (AvgIpc) is 2.27. The molecule has 0 bridgehead atoms. The van der Waals surface area contributed by atoms with E-state index in [2.05, 4.69) is 20.8 Å². The summed E-state index contributed by atoms with van der Waals surface area (Å²) in [5.74, 6) is 0.215. The Morgan fingerprint density at radius 2 is 1.88 bits per heavy atom. The van der Waals surface area contributed by atoms with Gasteiger partial charge in [0.2, 0.25) is 0 Å². The highest BCUT2D eigenvalue weighted by molar-refractivity contribution is 5.75. The molecule has 0 saturated carbocycles. The van der Waals surface area contributed by atoms with Crippen LogP contribution >= 0.6 is 0 Å². The number of benzene rings is 1. The lowest BCUT2D eigenvalue weighted by molar-refractivity contribution is -0.119. The van der Waals surface area contributed by atoms with Gasteiger partial charge in [0.25, 0.3) is 5.91 Å². The first-order chi connectivity index (χ1) is 7.45. The van der Waals surface area contributed by atoms with E-state index in [0.29, 0.717) is 5.75 Å². The summed E-state index contributed by atoms with van der Waals surface area (Å²) in [5, 5.41) is 0. The molecule has 0 aliphatic carbocycles. The average molecular weight is 221 g/mol. The molecule has 0 saturated heterocycles. The zero-order valence-electron chi connectivity index (χ0n) is 10.1. The number of nitrogens with two attached hydrogens (primary N) is 1. The molecule has 1 rings (SSSR count). The van der Waals surface area contributed by atoms with Gasteiger partial charge in [0.1, 0.15) is 5.75 Å². The van der Waals surface area contributed by atoms with Gasteiger partial charge in [-0.15, -0.1) is 0 Å². The predicted molar refractivity (Wildman–Crippen MR) is 64.4 cm³/mol. The number of carbonyl (C=O) groups excluding carboxylic acids is 1. The number of ether oxygens (including phenoxy) is 1. The molecule has 1 aromatic carbocycles. The lowest BCUT2D eigenvalue weighted by Crippen LogP contribution is -2.20. The van der Waals surface area contributed by atoms with Gasteiger partial charge >= 0.3 is 0 Å². The Bertz CT molecular complexity index is 355. The normalized spacial score (nSPS) is 11.2. The van der Waals surface area contributed by atoms with Crippen molar-refractivity contribution in [3.8, 4) is 5.75 Å². The number of primary amides is 1. The molecule has 1 aromatic rings. The molecule has 0 aliphatic rings. The van der Waals surface area contributed by atoms with E-state index in [1.165, 1.54) is 5.56 Å². The summed E-state index contributed by atoms with van der Waals surface area (Å²) in [6, 6.07) is 7.80. The Labute approximate surface area is 96.6 Å². The largest absolute Gasteiger partial charge is 0.484 e. The third-order valence-corrected chi connectivity index (χ3v) is 2.90. The maximum absolute atomic E-state index is 10.5. The molecule has 2 N–H and O–H groups in total. The molecule has 0 aliphatic heterocycles. The molecule has 88 valence electrons. The summed E-state index contributed by atoms with van der Waals surface area (Å²) in [6.45, 7) is 6.49. The Balaban J connectivity index is 2.71. The van der Waals surface area contributed by atoms with Crippen LogP contribution in [-0.2, 0) is 10.2 Å². The SMILES string of the molecule is CCC(C)(C)c1ccc(OCC(N)=O)cc1. The van der Waals surface area contributed by atoms with E-state index in [1.54, 1.807) is 0 Å². The van der Waals surface area contributed by atoms with Crippen LogP contribution < -0.4 is 10.5 Å². The minimum absolute atomic E-state index is 0.0729. The Kier molecular flexibility index (Phi) is 3.93. The van der Waals surface area contributed by atoms with Crippen LogP contribution in [0.25, 0.3) is 0 Å². The topological polar surface area (TPSA) is 52.3 Å². The van der Waals surface area contributed by atoms with Crippen molar-refractivity contribution in [1.82, 2.24) is 0 Å². The van der Waals surface area contributed by atoms with E-state index in [4.69, 9.17) is 10.5 Å². The Morgan fingerprint density at radius 1 is 1.31 bits per heavy atom. The van der Waals surface area contributed by atoms with Crippen molar-refractivity contribution >= 4 is 5.91 Å². The molecule has 1 amide bonds. The monoisotopic (exact) mass is 221 g/mol. The lowest BCUT2D eigenvalue weighted by atomic mass is 9.82. The zero-order chi connectivity index (χ0) is 12.2. The molecule has 0 unspecified atom stereocenters. The highest BCUT2D eigenvalue weighted by Crippen LogP contribution is 2.27. The maximum Gasteiger partial charge on any atom is 0.255 e. The van der Waals surface area contributed by atoms with E-state index < -0.39 is 5.91 Å². The fraction of sp³-hybridized carbons (Fsp3) is 0.462. The molecule has 0 fully saturated rings. The standard InChI is InChI=1S/C13H19NO2/c1-4-13(2,3)10-5-7-11(8-6-10)16-9-12(14)15/h5-8H,4,9H2,1-3H3,(H2,14,15).